The third kappa shape index (κ3) is 2.13. The van der Waals surface area contributed by atoms with E-state index in [1.165, 1.54) is 6.07 Å². The molecule has 0 saturated carbocycles. The molecule has 74 valence electrons. The van der Waals surface area contributed by atoms with Crippen LogP contribution in [0, 0.1) is 5.82 Å². The van der Waals surface area contributed by atoms with Crippen LogP contribution in [0.5, 0.6) is 0 Å². The number of benzene rings is 1. The minimum Gasteiger partial charge on any atom is -0.478 e. The molecule has 0 radical (unpaired) electrons. The highest BCUT2D eigenvalue weighted by Gasteiger charge is 2.13. The van der Waals surface area contributed by atoms with Crippen LogP contribution < -0.4 is 5.46 Å². The van der Waals surface area contributed by atoms with Gasteiger partial charge in [-0.15, -0.1) is 0 Å². The molecule has 4 heteroatoms. The lowest BCUT2D eigenvalue weighted by molar-refractivity contribution is 0.0692. The first-order chi connectivity index (χ1) is 6.56. The van der Waals surface area contributed by atoms with Crippen molar-refractivity contribution in [3.63, 3.8) is 0 Å². The third-order valence-electron chi connectivity index (χ3n) is 2.08. The zero-order valence-electron chi connectivity index (χ0n) is 8.30. The van der Waals surface area contributed by atoms with Crippen molar-refractivity contribution in [1.82, 2.24) is 0 Å². The molecule has 0 spiro atoms. The maximum atomic E-state index is 13.3. The fraction of sp³-hybridized carbons (Fsp3) is 0.300. The lowest BCUT2D eigenvalue weighted by Gasteiger charge is -2.05. The van der Waals surface area contributed by atoms with Crippen molar-refractivity contribution < 1.29 is 14.3 Å². The summed E-state index contributed by atoms with van der Waals surface area (Å²) in [5, 5.41) is 8.74. The maximum absolute atomic E-state index is 13.3. The van der Waals surface area contributed by atoms with E-state index in [2.05, 4.69) is 0 Å². The van der Waals surface area contributed by atoms with E-state index in [0.717, 1.165) is 18.4 Å². The fourth-order valence-electron chi connectivity index (χ4n) is 1.43. The molecular weight excluding hydrogens is 182 g/mol. The first kappa shape index (κ1) is 10.8. The van der Waals surface area contributed by atoms with Gasteiger partial charge in [-0.1, -0.05) is 24.9 Å². The van der Waals surface area contributed by atoms with E-state index >= 15 is 0 Å². The van der Waals surface area contributed by atoms with Gasteiger partial charge in [0.1, 0.15) is 13.7 Å². The van der Waals surface area contributed by atoms with E-state index in [0.29, 0.717) is 5.46 Å². The Morgan fingerprint density at radius 3 is 2.71 bits per heavy atom. The van der Waals surface area contributed by atoms with Crippen LogP contribution in [0.2, 0.25) is 0 Å². The van der Waals surface area contributed by atoms with E-state index in [1.54, 1.807) is 13.9 Å². The van der Waals surface area contributed by atoms with E-state index < -0.39 is 11.8 Å². The lowest BCUT2D eigenvalue weighted by Crippen LogP contribution is -2.16. The van der Waals surface area contributed by atoms with Crippen LogP contribution in [0.15, 0.2) is 12.1 Å². The van der Waals surface area contributed by atoms with E-state index in [1.807, 2.05) is 6.92 Å². The second-order valence-electron chi connectivity index (χ2n) is 3.33. The van der Waals surface area contributed by atoms with E-state index in [-0.39, 0.29) is 5.56 Å². The quantitative estimate of drug-likeness (QED) is 0.720. The molecule has 1 rings (SSSR count). The second-order valence-corrected chi connectivity index (χ2v) is 3.33. The Morgan fingerprint density at radius 1 is 1.57 bits per heavy atom. The summed E-state index contributed by atoms with van der Waals surface area (Å²) in [6.45, 7) is 2.00. The van der Waals surface area contributed by atoms with Crippen LogP contribution in [-0.4, -0.2) is 18.9 Å². The highest BCUT2D eigenvalue weighted by atomic mass is 19.1. The Hall–Kier alpha value is -1.32. The summed E-state index contributed by atoms with van der Waals surface area (Å²) >= 11 is 0. The van der Waals surface area contributed by atoms with Crippen LogP contribution in [-0.2, 0) is 6.42 Å². The molecule has 0 aliphatic carbocycles. The Kier molecular flexibility index (Phi) is 3.28. The number of halogens is 1. The SMILES string of the molecule is Bc1cc(CCC)cc(C(=O)O)c1F. The monoisotopic (exact) mass is 194 g/mol. The fourth-order valence-corrected chi connectivity index (χ4v) is 1.43. The molecule has 1 aromatic rings. The summed E-state index contributed by atoms with van der Waals surface area (Å²) in [7, 11) is 1.58. The van der Waals surface area contributed by atoms with E-state index in [4.69, 9.17) is 5.11 Å². The van der Waals surface area contributed by atoms with Gasteiger partial charge in [0.25, 0.3) is 0 Å². The van der Waals surface area contributed by atoms with Crippen molar-refractivity contribution in [2.24, 2.45) is 0 Å². The highest BCUT2D eigenvalue weighted by Crippen LogP contribution is 2.10. The molecular formula is C10H12BFO2. The Labute approximate surface area is 83.2 Å². The highest BCUT2D eigenvalue weighted by molar-refractivity contribution is 6.33. The van der Waals surface area contributed by atoms with Crippen LogP contribution in [0.25, 0.3) is 0 Å². The van der Waals surface area contributed by atoms with Crippen LogP contribution in [0.4, 0.5) is 4.39 Å². The number of carbonyl (C=O) groups is 1. The van der Waals surface area contributed by atoms with Gasteiger partial charge in [0, 0.05) is 0 Å². The molecule has 0 atom stereocenters. The minimum absolute atomic E-state index is 0.228. The van der Waals surface area contributed by atoms with Gasteiger partial charge < -0.3 is 5.11 Å². The minimum atomic E-state index is -1.21. The van der Waals surface area contributed by atoms with Crippen molar-refractivity contribution in [2.45, 2.75) is 19.8 Å². The normalized spacial score (nSPS) is 10.1. The van der Waals surface area contributed by atoms with Gasteiger partial charge in [-0.3, -0.25) is 0 Å². The molecule has 1 N–H and O–H groups in total. The summed E-state index contributed by atoms with van der Waals surface area (Å²) in [6.07, 6.45) is 1.70. The predicted octanol–water partition coefficient (Wildman–Crippen LogP) is 0.735. The second kappa shape index (κ2) is 4.27. The van der Waals surface area contributed by atoms with E-state index in [9.17, 15) is 9.18 Å². The molecule has 14 heavy (non-hydrogen) atoms. The Morgan fingerprint density at radius 2 is 2.21 bits per heavy atom. The van der Waals surface area contributed by atoms with Gasteiger partial charge >= 0.3 is 5.97 Å². The number of hydrogen-bond donors (Lipinski definition) is 1. The standard InChI is InChI=1S/C10H12BFO2/c1-2-3-6-4-7(10(13)14)9(12)8(11)5-6/h4-5H,2-3,11H2,1H3,(H,13,14). The zero-order chi connectivity index (χ0) is 10.7. The number of aromatic carboxylic acids is 1. The molecule has 0 saturated heterocycles. The zero-order valence-corrected chi connectivity index (χ0v) is 8.30. The van der Waals surface area contributed by atoms with Gasteiger partial charge in [-0.25, -0.2) is 9.18 Å². The summed E-state index contributed by atoms with van der Waals surface area (Å²) in [5.41, 5.74) is 1.05. The lowest BCUT2D eigenvalue weighted by atomic mass is 9.90. The molecule has 0 amide bonds. The van der Waals surface area contributed by atoms with Crippen LogP contribution in [0.3, 0.4) is 0 Å². The molecule has 0 aliphatic rings. The van der Waals surface area contributed by atoms with Gasteiger partial charge in [-0.05, 0) is 18.1 Å². The van der Waals surface area contributed by atoms with Crippen LogP contribution in [0.1, 0.15) is 29.3 Å². The summed E-state index contributed by atoms with van der Waals surface area (Å²) in [6, 6.07) is 3.11. The van der Waals surface area contributed by atoms with Gasteiger partial charge in [0.15, 0.2) is 0 Å². The average molecular weight is 194 g/mol. The average Bonchev–Trinajstić information content (AvgIpc) is 2.11. The number of hydrogen-bond acceptors (Lipinski definition) is 1. The number of aryl methyl sites for hydroxylation is 1. The van der Waals surface area contributed by atoms with Crippen molar-refractivity contribution in [1.29, 1.82) is 0 Å². The molecule has 2 nitrogen and oxygen atoms in total. The largest absolute Gasteiger partial charge is 0.478 e. The molecule has 0 fully saturated rings. The molecule has 0 aliphatic heterocycles. The van der Waals surface area contributed by atoms with Crippen molar-refractivity contribution in [3.05, 3.63) is 29.1 Å². The Bertz CT molecular complexity index is 363. The third-order valence-corrected chi connectivity index (χ3v) is 2.08. The molecule has 0 unspecified atom stereocenters. The topological polar surface area (TPSA) is 37.3 Å². The predicted molar refractivity (Wildman–Crippen MR) is 55.5 cm³/mol. The first-order valence-corrected chi connectivity index (χ1v) is 4.58. The summed E-state index contributed by atoms with van der Waals surface area (Å²) in [4.78, 5) is 10.7. The molecule has 1 aromatic carbocycles. The number of carboxylic acids is 1. The number of carboxylic acid groups (broad SMARTS) is 1. The van der Waals surface area contributed by atoms with Crippen molar-refractivity contribution >= 4 is 19.3 Å². The smallest absolute Gasteiger partial charge is 0.338 e. The van der Waals surface area contributed by atoms with Crippen molar-refractivity contribution in [2.75, 3.05) is 0 Å². The van der Waals surface area contributed by atoms with Crippen LogP contribution >= 0.6 is 0 Å². The summed E-state index contributed by atoms with van der Waals surface area (Å²) < 4.78 is 13.3. The van der Waals surface area contributed by atoms with Gasteiger partial charge in [0.05, 0.1) is 5.56 Å². The maximum Gasteiger partial charge on any atom is 0.338 e. The molecule has 0 aromatic heterocycles. The molecule has 0 heterocycles. The van der Waals surface area contributed by atoms with Gasteiger partial charge in [-0.2, -0.15) is 0 Å². The van der Waals surface area contributed by atoms with Gasteiger partial charge in [0.2, 0.25) is 0 Å². The molecule has 0 bridgehead atoms. The Balaban J connectivity index is 3.21. The first-order valence-electron chi connectivity index (χ1n) is 4.58. The van der Waals surface area contributed by atoms with Crippen molar-refractivity contribution in [3.8, 4) is 0 Å². The summed E-state index contributed by atoms with van der Waals surface area (Å²) in [5.74, 6) is -1.83. The number of rotatable bonds is 3.